The summed E-state index contributed by atoms with van der Waals surface area (Å²) in [6.07, 6.45) is -1.12. The third-order valence-electron chi connectivity index (χ3n) is 3.11. The summed E-state index contributed by atoms with van der Waals surface area (Å²) in [5.41, 5.74) is 12.7. The zero-order chi connectivity index (χ0) is 17.5. The van der Waals surface area contributed by atoms with Crippen LogP contribution in [0.4, 0.5) is 11.4 Å². The van der Waals surface area contributed by atoms with Gasteiger partial charge in [-0.1, -0.05) is 0 Å². The standard InChI is InChI=1S/C17H18N2O5/c18-13-5-1-11(2-6-13)16(21)23-9-15(20)10-24-17(22)12-3-7-14(19)8-4-12/h1-8,15,20H,9-10,18-19H2. The van der Waals surface area contributed by atoms with Crippen LogP contribution in [0.5, 0.6) is 0 Å². The van der Waals surface area contributed by atoms with Gasteiger partial charge in [0, 0.05) is 11.4 Å². The van der Waals surface area contributed by atoms with Crippen LogP contribution in [-0.4, -0.2) is 36.4 Å². The van der Waals surface area contributed by atoms with Crippen LogP contribution >= 0.6 is 0 Å². The van der Waals surface area contributed by atoms with E-state index >= 15 is 0 Å². The minimum absolute atomic E-state index is 0.293. The molecule has 0 aliphatic heterocycles. The van der Waals surface area contributed by atoms with Crippen molar-refractivity contribution in [1.82, 2.24) is 0 Å². The average Bonchev–Trinajstić information content (AvgIpc) is 2.58. The molecule has 7 nitrogen and oxygen atoms in total. The number of benzene rings is 2. The first-order valence-electron chi connectivity index (χ1n) is 7.19. The van der Waals surface area contributed by atoms with Gasteiger partial charge in [0.2, 0.25) is 0 Å². The normalized spacial score (nSPS) is 10.4. The molecule has 0 saturated carbocycles. The summed E-state index contributed by atoms with van der Waals surface area (Å²) in [4.78, 5) is 23.5. The number of anilines is 2. The van der Waals surface area contributed by atoms with Crippen LogP contribution < -0.4 is 11.5 Å². The van der Waals surface area contributed by atoms with E-state index in [-0.39, 0.29) is 13.2 Å². The van der Waals surface area contributed by atoms with Gasteiger partial charge in [-0.15, -0.1) is 0 Å². The Labute approximate surface area is 138 Å². The number of nitrogen functional groups attached to an aromatic ring is 2. The molecule has 2 rings (SSSR count). The minimum atomic E-state index is -1.12. The number of ether oxygens (including phenoxy) is 2. The molecule has 0 aliphatic carbocycles. The molecule has 7 heteroatoms. The molecule has 0 unspecified atom stereocenters. The molecule has 0 fully saturated rings. The quantitative estimate of drug-likeness (QED) is 0.537. The Balaban J connectivity index is 1.75. The predicted octanol–water partition coefficient (Wildman–Crippen LogP) is 1.23. The topological polar surface area (TPSA) is 125 Å². The van der Waals surface area contributed by atoms with Crippen LogP contribution in [0, 0.1) is 0 Å². The maximum absolute atomic E-state index is 11.8. The van der Waals surface area contributed by atoms with Crippen molar-refractivity contribution >= 4 is 23.3 Å². The molecule has 0 aliphatic rings. The van der Waals surface area contributed by atoms with E-state index in [2.05, 4.69) is 0 Å². The Hall–Kier alpha value is -3.06. The summed E-state index contributed by atoms with van der Waals surface area (Å²) in [5, 5.41) is 9.73. The second-order valence-corrected chi connectivity index (χ2v) is 5.09. The molecule has 2 aromatic rings. The number of rotatable bonds is 6. The minimum Gasteiger partial charge on any atom is -0.459 e. The molecule has 0 radical (unpaired) electrons. The lowest BCUT2D eigenvalue weighted by molar-refractivity contribution is -0.00469. The Bertz CT molecular complexity index is 636. The van der Waals surface area contributed by atoms with E-state index in [0.29, 0.717) is 22.5 Å². The van der Waals surface area contributed by atoms with Crippen molar-refractivity contribution in [3.8, 4) is 0 Å². The van der Waals surface area contributed by atoms with Crippen LogP contribution in [0.2, 0.25) is 0 Å². The number of hydrogen-bond donors (Lipinski definition) is 3. The molecule has 5 N–H and O–H groups in total. The lowest BCUT2D eigenvalue weighted by atomic mass is 10.2. The van der Waals surface area contributed by atoms with E-state index in [4.69, 9.17) is 20.9 Å². The highest BCUT2D eigenvalue weighted by molar-refractivity contribution is 5.90. The third kappa shape index (κ3) is 4.99. The second kappa shape index (κ2) is 7.98. The molecule has 0 heterocycles. The summed E-state index contributed by atoms with van der Waals surface area (Å²) < 4.78 is 9.89. The fraction of sp³-hybridized carbons (Fsp3) is 0.176. The number of carbonyl (C=O) groups is 2. The van der Waals surface area contributed by atoms with Crippen molar-refractivity contribution in [2.24, 2.45) is 0 Å². The summed E-state index contributed by atoms with van der Waals surface area (Å²) in [6.45, 7) is -0.587. The predicted molar refractivity (Wildman–Crippen MR) is 88.3 cm³/mol. The first kappa shape index (κ1) is 17.3. The van der Waals surface area contributed by atoms with Gasteiger partial charge in [-0.05, 0) is 48.5 Å². The highest BCUT2D eigenvalue weighted by Gasteiger charge is 2.14. The smallest absolute Gasteiger partial charge is 0.338 e. The summed E-state index contributed by atoms with van der Waals surface area (Å²) >= 11 is 0. The SMILES string of the molecule is Nc1ccc(C(=O)OCC(O)COC(=O)c2ccc(N)cc2)cc1. The van der Waals surface area contributed by atoms with Gasteiger partial charge in [-0.25, -0.2) is 9.59 Å². The summed E-state index contributed by atoms with van der Waals surface area (Å²) in [5.74, 6) is -1.20. The van der Waals surface area contributed by atoms with Crippen molar-refractivity contribution < 1.29 is 24.2 Å². The molecule has 0 amide bonds. The zero-order valence-electron chi connectivity index (χ0n) is 12.8. The van der Waals surface area contributed by atoms with Crippen LogP contribution in [0.25, 0.3) is 0 Å². The third-order valence-corrected chi connectivity index (χ3v) is 3.11. The summed E-state index contributed by atoms with van der Waals surface area (Å²) in [6, 6.07) is 12.4. The van der Waals surface area contributed by atoms with Crippen molar-refractivity contribution in [3.63, 3.8) is 0 Å². The fourth-order valence-electron chi connectivity index (χ4n) is 1.80. The molecular formula is C17H18N2O5. The Morgan fingerprint density at radius 1 is 0.792 bits per heavy atom. The zero-order valence-corrected chi connectivity index (χ0v) is 12.8. The van der Waals surface area contributed by atoms with Gasteiger partial charge in [0.15, 0.2) is 0 Å². The number of nitrogens with two attached hydrogens (primary N) is 2. The Morgan fingerprint density at radius 2 is 1.12 bits per heavy atom. The molecule has 0 saturated heterocycles. The number of hydrogen-bond acceptors (Lipinski definition) is 7. The van der Waals surface area contributed by atoms with Gasteiger partial charge in [-0.3, -0.25) is 0 Å². The van der Waals surface area contributed by atoms with Crippen molar-refractivity contribution in [3.05, 3.63) is 59.7 Å². The number of carbonyl (C=O) groups excluding carboxylic acids is 2. The van der Waals surface area contributed by atoms with Crippen molar-refractivity contribution in [1.29, 1.82) is 0 Å². The highest BCUT2D eigenvalue weighted by Crippen LogP contribution is 2.08. The maximum Gasteiger partial charge on any atom is 0.338 e. The Kier molecular flexibility index (Phi) is 5.75. The highest BCUT2D eigenvalue weighted by atomic mass is 16.6. The van der Waals surface area contributed by atoms with Crippen LogP contribution in [0.3, 0.4) is 0 Å². The Morgan fingerprint density at radius 3 is 1.46 bits per heavy atom. The molecule has 0 spiro atoms. The molecule has 0 aromatic heterocycles. The number of aliphatic hydroxyl groups excluding tert-OH is 1. The largest absolute Gasteiger partial charge is 0.459 e. The maximum atomic E-state index is 11.8. The number of esters is 2. The van der Waals surface area contributed by atoms with Crippen LogP contribution in [0.15, 0.2) is 48.5 Å². The van der Waals surface area contributed by atoms with E-state index in [1.807, 2.05) is 0 Å². The van der Waals surface area contributed by atoms with E-state index in [1.165, 1.54) is 24.3 Å². The first-order chi connectivity index (χ1) is 11.5. The lowest BCUT2D eigenvalue weighted by Crippen LogP contribution is -2.25. The van der Waals surface area contributed by atoms with Gasteiger partial charge >= 0.3 is 11.9 Å². The van der Waals surface area contributed by atoms with Crippen molar-refractivity contribution in [2.45, 2.75) is 6.10 Å². The molecule has 0 bridgehead atoms. The second-order valence-electron chi connectivity index (χ2n) is 5.09. The molecular weight excluding hydrogens is 312 g/mol. The lowest BCUT2D eigenvalue weighted by Gasteiger charge is -2.12. The van der Waals surface area contributed by atoms with E-state index < -0.39 is 18.0 Å². The fourth-order valence-corrected chi connectivity index (χ4v) is 1.80. The molecule has 126 valence electrons. The van der Waals surface area contributed by atoms with Crippen LogP contribution in [-0.2, 0) is 9.47 Å². The first-order valence-corrected chi connectivity index (χ1v) is 7.19. The number of aliphatic hydroxyl groups is 1. The summed E-state index contributed by atoms with van der Waals surface area (Å²) in [7, 11) is 0. The average molecular weight is 330 g/mol. The van der Waals surface area contributed by atoms with Gasteiger partial charge in [0.05, 0.1) is 11.1 Å². The molecule has 0 atom stereocenters. The van der Waals surface area contributed by atoms with E-state index in [0.717, 1.165) is 0 Å². The molecule has 24 heavy (non-hydrogen) atoms. The van der Waals surface area contributed by atoms with Gasteiger partial charge < -0.3 is 26.0 Å². The van der Waals surface area contributed by atoms with Gasteiger partial charge in [0.25, 0.3) is 0 Å². The van der Waals surface area contributed by atoms with Crippen molar-refractivity contribution in [2.75, 3.05) is 24.7 Å². The molecule has 2 aromatic carbocycles. The van der Waals surface area contributed by atoms with E-state index in [9.17, 15) is 14.7 Å². The van der Waals surface area contributed by atoms with Gasteiger partial charge in [-0.2, -0.15) is 0 Å². The van der Waals surface area contributed by atoms with Crippen LogP contribution in [0.1, 0.15) is 20.7 Å². The monoisotopic (exact) mass is 330 g/mol. The van der Waals surface area contributed by atoms with Gasteiger partial charge in [0.1, 0.15) is 19.3 Å². The van der Waals surface area contributed by atoms with E-state index in [1.54, 1.807) is 24.3 Å².